The number of nitrogens with zero attached hydrogens (tertiary/aromatic N) is 2. The van der Waals surface area contributed by atoms with Crippen molar-refractivity contribution < 1.29 is 31.5 Å². The van der Waals surface area contributed by atoms with Gasteiger partial charge in [-0.25, -0.2) is 22.0 Å². The fourth-order valence-electron chi connectivity index (χ4n) is 4.12. The maximum absolute atomic E-state index is 14.2. The van der Waals surface area contributed by atoms with Gasteiger partial charge in [-0.1, -0.05) is 24.9 Å². The van der Waals surface area contributed by atoms with Crippen LogP contribution < -0.4 is 19.9 Å². The smallest absolute Gasteiger partial charge is 0.255 e. The van der Waals surface area contributed by atoms with Gasteiger partial charge >= 0.3 is 0 Å². The molecule has 1 N–H and O–H groups in total. The molecule has 0 bridgehead atoms. The number of benzene rings is 3. The molecular weight excluding hydrogens is 529 g/mol. The Hall–Kier alpha value is -3.53. The number of halogens is 6. The van der Waals surface area contributed by atoms with Crippen molar-refractivity contribution in [3.05, 3.63) is 82.1 Å². The van der Waals surface area contributed by atoms with Crippen molar-refractivity contribution in [2.75, 3.05) is 47.9 Å². The third-order valence-electron chi connectivity index (χ3n) is 6.21. The Balaban J connectivity index is 1.38. The Morgan fingerprint density at radius 3 is 2.03 bits per heavy atom. The van der Waals surface area contributed by atoms with Gasteiger partial charge in [0.2, 0.25) is 5.82 Å². The minimum absolute atomic E-state index is 0.00528. The minimum atomic E-state index is -2.19. The lowest BCUT2D eigenvalue weighted by Crippen LogP contribution is -2.47. The fourth-order valence-corrected chi connectivity index (χ4v) is 4.42. The highest BCUT2D eigenvalue weighted by molar-refractivity contribution is 6.33. The van der Waals surface area contributed by atoms with Crippen LogP contribution in [0.25, 0.3) is 0 Å². The third kappa shape index (κ3) is 5.80. The van der Waals surface area contributed by atoms with E-state index in [-0.39, 0.29) is 32.1 Å². The minimum Gasteiger partial charge on any atom is -0.494 e. The number of carbonyl (C=O) groups excluding carboxylic acids is 1. The molecule has 11 heteroatoms. The Morgan fingerprint density at radius 1 is 0.868 bits per heavy atom. The van der Waals surface area contributed by atoms with Crippen molar-refractivity contribution in [2.24, 2.45) is 0 Å². The van der Waals surface area contributed by atoms with Gasteiger partial charge < -0.3 is 19.9 Å². The lowest BCUT2D eigenvalue weighted by Gasteiger charge is -2.38. The fraction of sp³-hybridized carbons (Fsp3) is 0.296. The van der Waals surface area contributed by atoms with Gasteiger partial charge in [-0.05, 0) is 48.9 Å². The lowest BCUT2D eigenvalue weighted by atomic mass is 10.1. The molecule has 1 amide bonds. The second-order valence-electron chi connectivity index (χ2n) is 8.74. The number of nitrogens with one attached hydrogen (secondary N) is 1. The molecule has 0 spiro atoms. The predicted octanol–water partition coefficient (Wildman–Crippen LogP) is 6.79. The molecule has 38 heavy (non-hydrogen) atoms. The zero-order valence-corrected chi connectivity index (χ0v) is 21.2. The first-order chi connectivity index (χ1) is 18.2. The summed E-state index contributed by atoms with van der Waals surface area (Å²) < 4.78 is 74.6. The van der Waals surface area contributed by atoms with E-state index in [0.29, 0.717) is 34.3 Å². The molecule has 1 saturated heterocycles. The first kappa shape index (κ1) is 27.5. The maximum atomic E-state index is 14.2. The molecule has 5 nitrogen and oxygen atoms in total. The molecule has 1 heterocycles. The summed E-state index contributed by atoms with van der Waals surface area (Å²) in [4.78, 5) is 15.6. The van der Waals surface area contributed by atoms with E-state index >= 15 is 0 Å². The normalized spacial score (nSPS) is 13.6. The average molecular weight is 554 g/mol. The number of anilines is 3. The summed E-state index contributed by atoms with van der Waals surface area (Å²) in [7, 11) is 0. The number of piperazine rings is 1. The van der Waals surface area contributed by atoms with Crippen LogP contribution in [0, 0.1) is 29.1 Å². The number of rotatable bonds is 8. The molecule has 1 aliphatic heterocycles. The first-order valence-corrected chi connectivity index (χ1v) is 12.4. The summed E-state index contributed by atoms with van der Waals surface area (Å²) in [6.07, 6.45) is 1.97. The standard InChI is InChI=1S/C27H25ClF5N3O2/c1-2-3-14-38-18-7-4-16(5-8-18)27(37)34-17-6-9-20(19(28)15-17)35-10-12-36(13-11-35)26-24(32)22(30)21(29)23(31)25(26)33/h4-9,15H,2-3,10-14H2,1H3,(H,34,37). The van der Waals surface area contributed by atoms with E-state index < -0.39 is 34.8 Å². The van der Waals surface area contributed by atoms with Crippen LogP contribution in [-0.4, -0.2) is 38.7 Å². The average Bonchev–Trinajstić information content (AvgIpc) is 2.92. The van der Waals surface area contributed by atoms with Crippen molar-refractivity contribution >= 4 is 34.6 Å². The first-order valence-electron chi connectivity index (χ1n) is 12.1. The van der Waals surface area contributed by atoms with Gasteiger partial charge in [-0.2, -0.15) is 0 Å². The molecule has 0 saturated carbocycles. The van der Waals surface area contributed by atoms with Crippen molar-refractivity contribution in [3.8, 4) is 5.75 Å². The van der Waals surface area contributed by atoms with E-state index in [0.717, 1.165) is 17.7 Å². The molecule has 3 aromatic rings. The molecule has 1 aliphatic rings. The number of carbonyl (C=O) groups is 1. The molecule has 202 valence electrons. The van der Waals surface area contributed by atoms with E-state index in [9.17, 15) is 26.7 Å². The number of ether oxygens (including phenoxy) is 1. The number of unbranched alkanes of at least 4 members (excludes halogenated alkanes) is 1. The zero-order chi connectivity index (χ0) is 27.4. The van der Waals surface area contributed by atoms with Crippen LogP contribution in [0.2, 0.25) is 5.02 Å². The molecular formula is C27H25ClF5N3O2. The largest absolute Gasteiger partial charge is 0.494 e. The molecule has 0 unspecified atom stereocenters. The Labute approximate surface area is 221 Å². The van der Waals surface area contributed by atoms with Crippen LogP contribution in [0.1, 0.15) is 30.1 Å². The van der Waals surface area contributed by atoms with Gasteiger partial charge in [-0.3, -0.25) is 4.79 Å². The Kier molecular flexibility index (Phi) is 8.61. The molecule has 0 aromatic heterocycles. The molecule has 0 radical (unpaired) electrons. The summed E-state index contributed by atoms with van der Waals surface area (Å²) in [6, 6.07) is 11.7. The monoisotopic (exact) mass is 553 g/mol. The second kappa shape index (κ2) is 11.9. The van der Waals surface area contributed by atoms with Crippen LogP contribution in [0.4, 0.5) is 39.0 Å². The number of amides is 1. The summed E-state index contributed by atoms with van der Waals surface area (Å²) in [5, 5.41) is 3.11. The van der Waals surface area contributed by atoms with Crippen molar-refractivity contribution in [3.63, 3.8) is 0 Å². The quantitative estimate of drug-likeness (QED) is 0.144. The van der Waals surface area contributed by atoms with Gasteiger partial charge in [0.15, 0.2) is 23.3 Å². The Bertz CT molecular complexity index is 1290. The molecule has 1 fully saturated rings. The SMILES string of the molecule is CCCCOc1ccc(C(=O)Nc2ccc(N3CCN(c4c(F)c(F)c(F)c(F)c4F)CC3)c(Cl)c2)cc1. The Morgan fingerprint density at radius 2 is 1.45 bits per heavy atom. The highest BCUT2D eigenvalue weighted by Crippen LogP contribution is 2.33. The van der Waals surface area contributed by atoms with Crippen LogP contribution in [0.3, 0.4) is 0 Å². The topological polar surface area (TPSA) is 44.8 Å². The van der Waals surface area contributed by atoms with Crippen LogP contribution in [-0.2, 0) is 0 Å². The van der Waals surface area contributed by atoms with E-state index in [1.54, 1.807) is 42.5 Å². The van der Waals surface area contributed by atoms with Gasteiger partial charge in [0.25, 0.3) is 5.91 Å². The van der Waals surface area contributed by atoms with Crippen molar-refractivity contribution in [2.45, 2.75) is 19.8 Å². The summed E-state index contributed by atoms with van der Waals surface area (Å²) >= 11 is 6.45. The molecule has 3 aromatic carbocycles. The number of hydrogen-bond acceptors (Lipinski definition) is 4. The van der Waals surface area contributed by atoms with Gasteiger partial charge in [0, 0.05) is 37.4 Å². The zero-order valence-electron chi connectivity index (χ0n) is 20.5. The van der Waals surface area contributed by atoms with Gasteiger partial charge in [0.1, 0.15) is 11.4 Å². The van der Waals surface area contributed by atoms with Crippen LogP contribution >= 0.6 is 11.6 Å². The highest BCUT2D eigenvalue weighted by atomic mass is 35.5. The van der Waals surface area contributed by atoms with E-state index in [2.05, 4.69) is 12.2 Å². The maximum Gasteiger partial charge on any atom is 0.255 e. The molecule has 4 rings (SSSR count). The molecule has 0 atom stereocenters. The van der Waals surface area contributed by atoms with Gasteiger partial charge in [-0.15, -0.1) is 0 Å². The lowest BCUT2D eigenvalue weighted by molar-refractivity contribution is 0.102. The molecule has 0 aliphatic carbocycles. The summed E-state index contributed by atoms with van der Waals surface area (Å²) in [5.74, 6) is -9.49. The van der Waals surface area contributed by atoms with E-state index in [4.69, 9.17) is 16.3 Å². The predicted molar refractivity (Wildman–Crippen MR) is 137 cm³/mol. The highest BCUT2D eigenvalue weighted by Gasteiger charge is 2.31. The van der Waals surface area contributed by atoms with Gasteiger partial charge in [0.05, 0.1) is 17.3 Å². The number of hydrogen-bond donors (Lipinski definition) is 1. The van der Waals surface area contributed by atoms with Crippen molar-refractivity contribution in [1.82, 2.24) is 0 Å². The van der Waals surface area contributed by atoms with Crippen LogP contribution in [0.5, 0.6) is 5.75 Å². The third-order valence-corrected chi connectivity index (χ3v) is 6.51. The summed E-state index contributed by atoms with van der Waals surface area (Å²) in [5.41, 5.74) is 0.574. The summed E-state index contributed by atoms with van der Waals surface area (Å²) in [6.45, 7) is 3.13. The van der Waals surface area contributed by atoms with Crippen LogP contribution in [0.15, 0.2) is 42.5 Å². The van der Waals surface area contributed by atoms with E-state index in [1.165, 1.54) is 0 Å². The van der Waals surface area contributed by atoms with Crippen molar-refractivity contribution in [1.29, 1.82) is 0 Å². The second-order valence-corrected chi connectivity index (χ2v) is 9.15. The van der Waals surface area contributed by atoms with E-state index in [1.807, 2.05) is 4.90 Å².